The summed E-state index contributed by atoms with van der Waals surface area (Å²) in [6.45, 7) is 0. The first kappa shape index (κ1) is 27.5. The fraction of sp³-hybridized carbons (Fsp3) is 0. The molecule has 0 N–H and O–H groups in total. The van der Waals surface area contributed by atoms with Crippen LogP contribution in [0.2, 0.25) is 0 Å². The Balaban J connectivity index is 1.35. The largest absolute Gasteiger partial charge is 0.456 e. The molecule has 5 nitrogen and oxygen atoms in total. The van der Waals surface area contributed by atoms with Gasteiger partial charge in [0.25, 0.3) is 0 Å². The van der Waals surface area contributed by atoms with E-state index in [0.29, 0.717) is 0 Å². The molecule has 244 valence electrons. The van der Waals surface area contributed by atoms with Gasteiger partial charge in [-0.1, -0.05) is 127 Å². The van der Waals surface area contributed by atoms with Crippen LogP contribution in [0.25, 0.3) is 121 Å². The molecule has 5 heterocycles. The van der Waals surface area contributed by atoms with Crippen LogP contribution in [-0.4, -0.2) is 18.9 Å². The second-order valence-corrected chi connectivity index (χ2v) is 14.1. The lowest BCUT2D eigenvalue weighted by Gasteiger charge is -2.15. The minimum Gasteiger partial charge on any atom is -0.456 e. The summed E-state index contributed by atoms with van der Waals surface area (Å²) in [5.74, 6) is 0.788. The van der Waals surface area contributed by atoms with Crippen LogP contribution >= 0.6 is 0 Å². The summed E-state index contributed by atoms with van der Waals surface area (Å²) < 4.78 is 11.6. The van der Waals surface area contributed by atoms with Crippen molar-refractivity contribution in [3.8, 4) is 17.1 Å². The number of aromatic nitrogens is 4. The fourth-order valence-corrected chi connectivity index (χ4v) is 9.27. The average Bonchev–Trinajstić information content (AvgIpc) is 3.85. The maximum absolute atomic E-state index is 6.79. The topological polar surface area (TPSA) is 48.3 Å². The first-order valence-electron chi connectivity index (χ1n) is 18.0. The number of rotatable bonds is 2. The molecule has 0 amide bonds. The van der Waals surface area contributed by atoms with E-state index in [0.717, 1.165) is 77.4 Å². The van der Waals surface area contributed by atoms with E-state index in [1.165, 1.54) is 43.4 Å². The van der Waals surface area contributed by atoms with E-state index in [2.05, 4.69) is 161 Å². The lowest BCUT2D eigenvalue weighted by molar-refractivity contribution is 0.669. The van der Waals surface area contributed by atoms with Gasteiger partial charge in [0.2, 0.25) is 0 Å². The van der Waals surface area contributed by atoms with Crippen molar-refractivity contribution in [1.82, 2.24) is 18.9 Å². The number of benzene rings is 8. The second-order valence-electron chi connectivity index (χ2n) is 14.1. The van der Waals surface area contributed by atoms with E-state index in [4.69, 9.17) is 14.4 Å². The van der Waals surface area contributed by atoms with Crippen molar-refractivity contribution in [2.24, 2.45) is 0 Å². The summed E-state index contributed by atoms with van der Waals surface area (Å²) in [5.41, 5.74) is 10.9. The number of para-hydroxylation sites is 3. The van der Waals surface area contributed by atoms with Gasteiger partial charge < -0.3 is 8.82 Å². The van der Waals surface area contributed by atoms with Gasteiger partial charge in [0.1, 0.15) is 16.9 Å². The van der Waals surface area contributed by atoms with Gasteiger partial charge in [-0.15, -0.1) is 0 Å². The quantitative estimate of drug-likeness (QED) is 0.172. The van der Waals surface area contributed by atoms with Crippen LogP contribution in [0.15, 0.2) is 162 Å². The van der Waals surface area contributed by atoms with Gasteiger partial charge in [-0.05, 0) is 35.0 Å². The summed E-state index contributed by atoms with van der Waals surface area (Å²) in [5, 5.41) is 11.6. The minimum atomic E-state index is 0.788. The monoisotopic (exact) mass is 674 g/mol. The lowest BCUT2D eigenvalue weighted by atomic mass is 10.0. The SMILES string of the molecule is c1ccc(-c2nc3c(ccc4ccccc43)nc2-n2c3cccc4c5cccc6c7ccccc7n(c7cc8oc9ccccc9c8c2c7c43)c56)cc1. The first-order chi connectivity index (χ1) is 26.3. The number of hydrogen-bond acceptors (Lipinski definition) is 3. The molecule has 5 aromatic heterocycles. The fourth-order valence-electron chi connectivity index (χ4n) is 9.27. The zero-order chi connectivity index (χ0) is 34.4. The van der Waals surface area contributed by atoms with Crippen molar-refractivity contribution in [3.63, 3.8) is 0 Å². The Kier molecular flexibility index (Phi) is 5.06. The zero-order valence-corrected chi connectivity index (χ0v) is 28.2. The van der Waals surface area contributed by atoms with Crippen molar-refractivity contribution in [3.05, 3.63) is 158 Å². The smallest absolute Gasteiger partial charge is 0.165 e. The van der Waals surface area contributed by atoms with Gasteiger partial charge >= 0.3 is 0 Å². The molecule has 0 aliphatic rings. The Hall–Kier alpha value is -7.24. The highest BCUT2D eigenvalue weighted by molar-refractivity contribution is 6.36. The molecular weight excluding hydrogens is 649 g/mol. The Morgan fingerprint density at radius 1 is 0.434 bits per heavy atom. The van der Waals surface area contributed by atoms with E-state index in [1.54, 1.807) is 0 Å². The third kappa shape index (κ3) is 3.42. The Bertz CT molecular complexity index is 3680. The standard InChI is InChI=1S/C48H26N4O/c1-2-13-28(14-3-1)44-48(49-35-25-24-27-12-4-5-15-29(27)45(35)50-44)52-37-22-11-18-31-33-20-10-19-32-30-16-6-8-21-36(30)51(46(32)33)38-26-40-42(47(52)43(38)41(31)37)34-17-7-9-23-39(34)53-40/h1-26H. The molecule has 0 saturated heterocycles. The van der Waals surface area contributed by atoms with Gasteiger partial charge in [-0.3, -0.25) is 4.57 Å². The summed E-state index contributed by atoms with van der Waals surface area (Å²) in [4.78, 5) is 11.1. The van der Waals surface area contributed by atoms with Crippen LogP contribution in [0.3, 0.4) is 0 Å². The molecule has 0 unspecified atom stereocenters. The highest BCUT2D eigenvalue weighted by Crippen LogP contribution is 2.48. The first-order valence-corrected chi connectivity index (χ1v) is 18.0. The van der Waals surface area contributed by atoms with Gasteiger partial charge in [0.15, 0.2) is 5.82 Å². The van der Waals surface area contributed by atoms with E-state index in [9.17, 15) is 0 Å². The van der Waals surface area contributed by atoms with Crippen LogP contribution in [0.1, 0.15) is 0 Å². The molecule has 53 heavy (non-hydrogen) atoms. The highest BCUT2D eigenvalue weighted by Gasteiger charge is 2.28. The molecule has 13 rings (SSSR count). The number of nitrogens with zero attached hydrogens (tertiary/aromatic N) is 4. The second kappa shape index (κ2) is 9.75. The van der Waals surface area contributed by atoms with Crippen molar-refractivity contribution in [2.45, 2.75) is 0 Å². The molecule has 0 radical (unpaired) electrons. The van der Waals surface area contributed by atoms with E-state index in [-0.39, 0.29) is 0 Å². The van der Waals surface area contributed by atoms with Crippen LogP contribution in [-0.2, 0) is 0 Å². The number of furan rings is 1. The number of hydrogen-bond donors (Lipinski definition) is 0. The van der Waals surface area contributed by atoms with Gasteiger partial charge in [-0.2, -0.15) is 0 Å². The molecule has 0 aliphatic carbocycles. The molecule has 0 aliphatic heterocycles. The summed E-state index contributed by atoms with van der Waals surface area (Å²) in [6.07, 6.45) is 0. The zero-order valence-electron chi connectivity index (χ0n) is 28.2. The Morgan fingerprint density at radius 2 is 1.13 bits per heavy atom. The van der Waals surface area contributed by atoms with E-state index < -0.39 is 0 Å². The summed E-state index contributed by atoms with van der Waals surface area (Å²) in [6, 6.07) is 56.1. The van der Waals surface area contributed by atoms with Crippen molar-refractivity contribution < 1.29 is 4.42 Å². The molecule has 13 aromatic rings. The predicted molar refractivity (Wildman–Crippen MR) is 219 cm³/mol. The maximum atomic E-state index is 6.79. The van der Waals surface area contributed by atoms with Gasteiger partial charge in [0, 0.05) is 49.3 Å². The van der Waals surface area contributed by atoms with Gasteiger partial charge in [0.05, 0.1) is 44.0 Å². The molecule has 0 atom stereocenters. The van der Waals surface area contributed by atoms with Crippen LogP contribution < -0.4 is 0 Å². The molecule has 0 saturated carbocycles. The van der Waals surface area contributed by atoms with E-state index >= 15 is 0 Å². The molecule has 5 heteroatoms. The Morgan fingerprint density at radius 3 is 2.04 bits per heavy atom. The van der Waals surface area contributed by atoms with E-state index in [1.807, 2.05) is 6.07 Å². The third-order valence-electron chi connectivity index (χ3n) is 11.4. The molecular formula is C48H26N4O. The summed E-state index contributed by atoms with van der Waals surface area (Å²) >= 11 is 0. The minimum absolute atomic E-state index is 0.788. The normalized spacial score (nSPS) is 12.5. The van der Waals surface area contributed by atoms with Gasteiger partial charge in [-0.25, -0.2) is 9.97 Å². The van der Waals surface area contributed by atoms with Crippen LogP contribution in [0.5, 0.6) is 0 Å². The van der Waals surface area contributed by atoms with Crippen molar-refractivity contribution >= 4 is 104 Å². The molecule has 0 spiro atoms. The van der Waals surface area contributed by atoms with Crippen molar-refractivity contribution in [1.29, 1.82) is 0 Å². The highest BCUT2D eigenvalue weighted by atomic mass is 16.3. The molecule has 0 fully saturated rings. The number of fused-ring (bicyclic) bond motifs is 12. The van der Waals surface area contributed by atoms with Crippen LogP contribution in [0.4, 0.5) is 0 Å². The average molecular weight is 675 g/mol. The lowest BCUT2D eigenvalue weighted by Crippen LogP contribution is -2.04. The summed E-state index contributed by atoms with van der Waals surface area (Å²) in [7, 11) is 0. The third-order valence-corrected chi connectivity index (χ3v) is 11.4. The maximum Gasteiger partial charge on any atom is 0.165 e. The molecule has 0 bridgehead atoms. The van der Waals surface area contributed by atoms with Crippen LogP contribution in [0, 0.1) is 0 Å². The molecule has 8 aromatic carbocycles. The Labute approximate surface area is 300 Å². The predicted octanol–water partition coefficient (Wildman–Crippen LogP) is 12.6. The van der Waals surface area contributed by atoms with Crippen molar-refractivity contribution in [2.75, 3.05) is 0 Å².